The first-order valence-electron chi connectivity index (χ1n) is 6.48. The predicted octanol–water partition coefficient (Wildman–Crippen LogP) is -0.507. The number of nitrogens with one attached hydrogen (secondary N) is 2. The van der Waals surface area contributed by atoms with E-state index in [0.717, 1.165) is 10.6 Å². The van der Waals surface area contributed by atoms with Gasteiger partial charge in [0.05, 0.1) is 17.1 Å². The monoisotopic (exact) mass is 338 g/mol. The fourth-order valence-corrected chi connectivity index (χ4v) is 3.96. The Balaban J connectivity index is 3.04. The van der Waals surface area contributed by atoms with Gasteiger partial charge in [-0.2, -0.15) is 9.40 Å². The van der Waals surface area contributed by atoms with E-state index < -0.39 is 19.9 Å². The molecule has 8 nitrogen and oxygen atoms in total. The molecule has 2 N–H and O–H groups in total. The van der Waals surface area contributed by atoms with Crippen molar-refractivity contribution in [1.82, 2.24) is 19.8 Å². The van der Waals surface area contributed by atoms with Gasteiger partial charge in [-0.25, -0.2) is 16.8 Å². The van der Waals surface area contributed by atoms with Gasteiger partial charge in [0.1, 0.15) is 14.7 Å². The van der Waals surface area contributed by atoms with Crippen LogP contribution in [-0.2, 0) is 26.4 Å². The molecule has 0 radical (unpaired) electrons. The fraction of sp³-hybridized carbons (Fsp3) is 0.727. The second-order valence-corrected chi connectivity index (χ2v) is 9.10. The van der Waals surface area contributed by atoms with Crippen LogP contribution in [0.15, 0.2) is 4.90 Å². The molecule has 0 bridgehead atoms. The second kappa shape index (κ2) is 6.86. The summed E-state index contributed by atoms with van der Waals surface area (Å²) in [5.41, 5.74) is 0.842. The minimum absolute atomic E-state index is 0.0908. The summed E-state index contributed by atoms with van der Waals surface area (Å²) in [6, 6.07) is 0. The van der Waals surface area contributed by atoms with Crippen LogP contribution in [0.1, 0.15) is 18.3 Å². The molecule has 122 valence electrons. The van der Waals surface area contributed by atoms with Crippen molar-refractivity contribution in [2.45, 2.75) is 25.3 Å². The third-order valence-electron chi connectivity index (χ3n) is 2.95. The molecule has 21 heavy (non-hydrogen) atoms. The van der Waals surface area contributed by atoms with Crippen LogP contribution in [0.25, 0.3) is 0 Å². The third kappa shape index (κ3) is 4.77. The first kappa shape index (κ1) is 18.1. The molecule has 0 amide bonds. The van der Waals surface area contributed by atoms with E-state index >= 15 is 0 Å². The Morgan fingerprint density at radius 2 is 1.90 bits per heavy atom. The van der Waals surface area contributed by atoms with Crippen molar-refractivity contribution < 1.29 is 16.8 Å². The van der Waals surface area contributed by atoms with Crippen molar-refractivity contribution in [2.75, 3.05) is 32.1 Å². The van der Waals surface area contributed by atoms with Gasteiger partial charge in [-0.05, 0) is 13.5 Å². The minimum atomic E-state index is -3.77. The van der Waals surface area contributed by atoms with Crippen LogP contribution < -0.4 is 5.32 Å². The number of hydrogen-bond donors (Lipinski definition) is 2. The lowest BCUT2D eigenvalue weighted by Crippen LogP contribution is -2.32. The standard InChI is InChI=1S/C11H22N4O4S2/c1-5-12-8-10-11(9(2)13-14-10)21(18,19)15(3)6-7-20(4,16)17/h12H,5-8H2,1-4H3,(H,13,14). The van der Waals surface area contributed by atoms with E-state index in [4.69, 9.17) is 0 Å². The number of hydrogen-bond acceptors (Lipinski definition) is 6. The van der Waals surface area contributed by atoms with Gasteiger partial charge < -0.3 is 5.32 Å². The van der Waals surface area contributed by atoms with E-state index in [1.54, 1.807) is 6.92 Å². The maximum Gasteiger partial charge on any atom is 0.246 e. The molecule has 1 aromatic heterocycles. The molecule has 0 atom stereocenters. The van der Waals surface area contributed by atoms with E-state index in [-0.39, 0.29) is 17.2 Å². The highest BCUT2D eigenvalue weighted by Crippen LogP contribution is 2.21. The predicted molar refractivity (Wildman–Crippen MR) is 80.2 cm³/mol. The highest BCUT2D eigenvalue weighted by molar-refractivity contribution is 7.91. The molecule has 0 aliphatic heterocycles. The van der Waals surface area contributed by atoms with Crippen molar-refractivity contribution in [3.8, 4) is 0 Å². The number of sulfonamides is 1. The average Bonchev–Trinajstić information content (AvgIpc) is 2.74. The van der Waals surface area contributed by atoms with E-state index in [0.29, 0.717) is 24.5 Å². The SMILES string of the molecule is CCNCc1n[nH]c(C)c1S(=O)(=O)N(C)CCS(C)(=O)=O. The van der Waals surface area contributed by atoms with E-state index in [2.05, 4.69) is 15.5 Å². The molecule has 0 saturated carbocycles. The molecule has 0 unspecified atom stereocenters. The number of H-pyrrole nitrogens is 1. The lowest BCUT2D eigenvalue weighted by Gasteiger charge is -2.17. The van der Waals surface area contributed by atoms with Crippen molar-refractivity contribution in [2.24, 2.45) is 0 Å². The Morgan fingerprint density at radius 1 is 1.29 bits per heavy atom. The summed E-state index contributed by atoms with van der Waals surface area (Å²) in [6.07, 6.45) is 1.08. The molecule has 1 rings (SSSR count). The zero-order valence-electron chi connectivity index (χ0n) is 12.7. The maximum absolute atomic E-state index is 12.6. The topological polar surface area (TPSA) is 112 Å². The Hall–Kier alpha value is -0.970. The van der Waals surface area contributed by atoms with Gasteiger partial charge in [0.15, 0.2) is 0 Å². The number of rotatable bonds is 8. The van der Waals surface area contributed by atoms with Gasteiger partial charge in [-0.3, -0.25) is 5.10 Å². The van der Waals surface area contributed by atoms with Crippen molar-refractivity contribution in [1.29, 1.82) is 0 Å². The van der Waals surface area contributed by atoms with Crippen LogP contribution in [0.5, 0.6) is 0 Å². The Labute approximate surface area is 125 Å². The first-order valence-corrected chi connectivity index (χ1v) is 9.98. The van der Waals surface area contributed by atoms with E-state index in [1.165, 1.54) is 7.05 Å². The summed E-state index contributed by atoms with van der Waals surface area (Å²) in [5, 5.41) is 9.69. The zero-order valence-corrected chi connectivity index (χ0v) is 14.3. The summed E-state index contributed by atoms with van der Waals surface area (Å²) in [5.74, 6) is -0.220. The second-order valence-electron chi connectivity index (χ2n) is 4.86. The van der Waals surface area contributed by atoms with Crippen LogP contribution in [0.2, 0.25) is 0 Å². The van der Waals surface area contributed by atoms with Crippen LogP contribution in [0, 0.1) is 6.92 Å². The molecule has 0 aromatic carbocycles. The molecular formula is C11H22N4O4S2. The number of aromatic amines is 1. The van der Waals surface area contributed by atoms with E-state index in [9.17, 15) is 16.8 Å². The van der Waals surface area contributed by atoms with Gasteiger partial charge in [0.2, 0.25) is 10.0 Å². The lowest BCUT2D eigenvalue weighted by atomic mass is 10.3. The molecule has 1 aromatic rings. The van der Waals surface area contributed by atoms with Crippen molar-refractivity contribution in [3.63, 3.8) is 0 Å². The smallest absolute Gasteiger partial charge is 0.246 e. The maximum atomic E-state index is 12.6. The van der Waals surface area contributed by atoms with Gasteiger partial charge >= 0.3 is 0 Å². The highest BCUT2D eigenvalue weighted by atomic mass is 32.2. The Bertz CT molecular complexity index is 679. The van der Waals surface area contributed by atoms with Crippen molar-refractivity contribution >= 4 is 19.9 Å². The summed E-state index contributed by atoms with van der Waals surface area (Å²) in [6.45, 7) is 4.46. The minimum Gasteiger partial charge on any atom is -0.311 e. The Kier molecular flexibility index (Phi) is 5.91. The molecule has 0 aliphatic carbocycles. The number of sulfone groups is 1. The summed E-state index contributed by atoms with van der Waals surface area (Å²) >= 11 is 0. The quantitative estimate of drug-likeness (QED) is 0.660. The molecule has 0 fully saturated rings. The molecule has 10 heteroatoms. The fourth-order valence-electron chi connectivity index (χ4n) is 1.75. The van der Waals surface area contributed by atoms with Gasteiger partial charge in [0.25, 0.3) is 0 Å². The third-order valence-corrected chi connectivity index (χ3v) is 5.93. The van der Waals surface area contributed by atoms with Crippen molar-refractivity contribution in [3.05, 3.63) is 11.4 Å². The average molecular weight is 338 g/mol. The van der Waals surface area contributed by atoms with Crippen LogP contribution in [-0.4, -0.2) is 63.5 Å². The highest BCUT2D eigenvalue weighted by Gasteiger charge is 2.28. The normalized spacial score (nSPS) is 13.0. The molecular weight excluding hydrogens is 316 g/mol. The van der Waals surface area contributed by atoms with E-state index in [1.807, 2.05) is 6.92 Å². The largest absolute Gasteiger partial charge is 0.311 e. The number of nitrogens with zero attached hydrogens (tertiary/aromatic N) is 2. The first-order chi connectivity index (χ1) is 9.59. The summed E-state index contributed by atoms with van der Waals surface area (Å²) in [4.78, 5) is 0.111. The van der Waals surface area contributed by atoms with Gasteiger partial charge in [-0.15, -0.1) is 0 Å². The molecule has 0 spiro atoms. The zero-order chi connectivity index (χ0) is 16.3. The molecule has 0 saturated heterocycles. The number of aromatic nitrogens is 2. The molecule has 1 heterocycles. The summed E-state index contributed by atoms with van der Waals surface area (Å²) in [7, 11) is -5.63. The lowest BCUT2D eigenvalue weighted by molar-refractivity contribution is 0.483. The van der Waals surface area contributed by atoms with Gasteiger partial charge in [-0.1, -0.05) is 6.92 Å². The van der Waals surface area contributed by atoms with Crippen LogP contribution in [0.3, 0.4) is 0 Å². The number of aryl methyl sites for hydroxylation is 1. The van der Waals surface area contributed by atoms with Crippen LogP contribution >= 0.6 is 0 Å². The Morgan fingerprint density at radius 3 is 2.43 bits per heavy atom. The summed E-state index contributed by atoms with van der Waals surface area (Å²) < 4.78 is 48.5. The van der Waals surface area contributed by atoms with Crippen LogP contribution in [0.4, 0.5) is 0 Å². The van der Waals surface area contributed by atoms with Gasteiger partial charge in [0, 0.05) is 26.4 Å². The molecule has 0 aliphatic rings.